The zero-order chi connectivity index (χ0) is 18.5. The first kappa shape index (κ1) is 16.6. The molecule has 2 heterocycles. The number of rotatable bonds is 2. The maximum atomic E-state index is 13.9. The molecule has 0 saturated heterocycles. The number of thiazole rings is 1. The first-order valence-corrected chi connectivity index (χ1v) is 9.89. The Morgan fingerprint density at radius 3 is 2.78 bits per heavy atom. The second kappa shape index (κ2) is 6.28. The molecular formula is C20H18FN3O2S. The van der Waals surface area contributed by atoms with E-state index in [1.165, 1.54) is 23.5 Å². The molecule has 1 saturated carbocycles. The highest BCUT2D eigenvalue weighted by atomic mass is 32.1. The van der Waals surface area contributed by atoms with Gasteiger partial charge in [-0.25, -0.2) is 9.37 Å². The predicted molar refractivity (Wildman–Crippen MR) is 107 cm³/mol. The minimum atomic E-state index is -0.374. The van der Waals surface area contributed by atoms with Crippen molar-refractivity contribution in [2.24, 2.45) is 0 Å². The maximum Gasteiger partial charge on any atom is 0.256 e. The fourth-order valence-corrected chi connectivity index (χ4v) is 5.09. The molecule has 0 unspecified atom stereocenters. The number of H-pyrrole nitrogens is 1. The number of anilines is 1. The van der Waals surface area contributed by atoms with Gasteiger partial charge in [-0.15, -0.1) is 0 Å². The zero-order valence-corrected chi connectivity index (χ0v) is 15.3. The first-order valence-electron chi connectivity index (χ1n) is 9.08. The van der Waals surface area contributed by atoms with Gasteiger partial charge in [-0.2, -0.15) is 0 Å². The van der Waals surface area contributed by atoms with Crippen LogP contribution in [0.2, 0.25) is 0 Å². The summed E-state index contributed by atoms with van der Waals surface area (Å²) in [4.78, 5) is 19.9. The number of fused-ring (bicyclic) bond motifs is 6. The Morgan fingerprint density at radius 1 is 1.15 bits per heavy atom. The topological polar surface area (TPSA) is 78.0 Å². The number of pyridine rings is 1. The lowest BCUT2D eigenvalue weighted by molar-refractivity contribution is 0.126. The summed E-state index contributed by atoms with van der Waals surface area (Å²) in [7, 11) is 0. The number of aromatic nitrogens is 2. The molecule has 4 aromatic rings. The normalized spacial score (nSPS) is 20.5. The standard InChI is InChI=1S/C20H18FN3O2S/c21-10-1-6-13-15(9-10)16-14(7-8-22-19(16)26)18-17(13)24-20(27-18)23-11-2-4-12(25)5-3-11/h1,6-9,11-12,25H,2-5H2,(H,22,26)(H,23,24). The lowest BCUT2D eigenvalue weighted by Crippen LogP contribution is -2.28. The summed E-state index contributed by atoms with van der Waals surface area (Å²) in [5.74, 6) is -0.374. The molecule has 7 heteroatoms. The smallest absolute Gasteiger partial charge is 0.256 e. The summed E-state index contributed by atoms with van der Waals surface area (Å²) in [6.45, 7) is 0. The third-order valence-corrected chi connectivity index (χ3v) is 6.38. The molecule has 2 aromatic heterocycles. The number of halogens is 1. The number of nitrogens with one attached hydrogen (secondary N) is 2. The Hall–Kier alpha value is -2.51. The molecule has 5 nitrogen and oxygen atoms in total. The average molecular weight is 383 g/mol. The van der Waals surface area contributed by atoms with Gasteiger partial charge in [0.1, 0.15) is 5.82 Å². The van der Waals surface area contributed by atoms with Crippen molar-refractivity contribution in [1.82, 2.24) is 9.97 Å². The monoisotopic (exact) mass is 383 g/mol. The van der Waals surface area contributed by atoms with Crippen LogP contribution in [0, 0.1) is 5.82 Å². The highest BCUT2D eigenvalue weighted by molar-refractivity contribution is 7.23. The fraction of sp³-hybridized carbons (Fsp3) is 0.300. The van der Waals surface area contributed by atoms with Gasteiger partial charge in [0.15, 0.2) is 5.13 Å². The molecule has 138 valence electrons. The Bertz CT molecular complexity index is 1220. The molecule has 27 heavy (non-hydrogen) atoms. The van der Waals surface area contributed by atoms with E-state index in [1.54, 1.807) is 12.3 Å². The van der Waals surface area contributed by atoms with Crippen LogP contribution in [0.25, 0.3) is 31.8 Å². The van der Waals surface area contributed by atoms with Gasteiger partial charge in [-0.05, 0) is 49.9 Å². The summed E-state index contributed by atoms with van der Waals surface area (Å²) in [5, 5.41) is 16.6. The molecule has 2 aromatic carbocycles. The fourth-order valence-electron chi connectivity index (χ4n) is 4.01. The number of hydrogen-bond acceptors (Lipinski definition) is 5. The molecule has 0 aliphatic heterocycles. The molecule has 0 spiro atoms. The summed E-state index contributed by atoms with van der Waals surface area (Å²) < 4.78 is 14.8. The van der Waals surface area contributed by atoms with Crippen molar-refractivity contribution < 1.29 is 9.50 Å². The van der Waals surface area contributed by atoms with Gasteiger partial charge in [-0.1, -0.05) is 11.3 Å². The van der Waals surface area contributed by atoms with Crippen molar-refractivity contribution in [2.45, 2.75) is 37.8 Å². The highest BCUT2D eigenvalue weighted by Gasteiger charge is 2.21. The maximum absolute atomic E-state index is 13.9. The summed E-state index contributed by atoms with van der Waals surface area (Å²) in [6.07, 6.45) is 4.82. The highest BCUT2D eigenvalue weighted by Crippen LogP contribution is 2.39. The van der Waals surface area contributed by atoms with Crippen molar-refractivity contribution >= 4 is 48.2 Å². The second-order valence-corrected chi connectivity index (χ2v) is 8.13. The SMILES string of the molecule is O=c1[nH]ccc2c3sc(NC4CCC(O)CC4)nc3c3ccc(F)cc3c12. The average Bonchev–Trinajstić information content (AvgIpc) is 3.07. The van der Waals surface area contributed by atoms with E-state index in [1.807, 2.05) is 6.07 Å². The number of aliphatic hydroxyl groups excluding tert-OH is 1. The molecule has 1 aliphatic rings. The van der Waals surface area contributed by atoms with Gasteiger partial charge < -0.3 is 15.4 Å². The second-order valence-electron chi connectivity index (χ2n) is 7.13. The van der Waals surface area contributed by atoms with Crippen LogP contribution in [0.15, 0.2) is 35.3 Å². The molecule has 0 radical (unpaired) electrons. The van der Waals surface area contributed by atoms with Gasteiger partial charge >= 0.3 is 0 Å². The van der Waals surface area contributed by atoms with E-state index in [9.17, 15) is 14.3 Å². The van der Waals surface area contributed by atoms with Gasteiger partial charge in [0.05, 0.1) is 21.7 Å². The molecule has 0 bridgehead atoms. The minimum Gasteiger partial charge on any atom is -0.393 e. The van der Waals surface area contributed by atoms with Gasteiger partial charge in [0.25, 0.3) is 5.56 Å². The summed E-state index contributed by atoms with van der Waals surface area (Å²) >= 11 is 1.52. The van der Waals surface area contributed by atoms with Crippen molar-refractivity contribution in [3.63, 3.8) is 0 Å². The van der Waals surface area contributed by atoms with Crippen LogP contribution in [0.5, 0.6) is 0 Å². The Labute approximate surface area is 157 Å². The van der Waals surface area contributed by atoms with Gasteiger partial charge in [0, 0.05) is 28.4 Å². The Kier molecular flexibility index (Phi) is 3.87. The molecule has 3 N–H and O–H groups in total. The van der Waals surface area contributed by atoms with Crippen LogP contribution in [0.3, 0.4) is 0 Å². The quantitative estimate of drug-likeness (QED) is 0.455. The van der Waals surface area contributed by atoms with E-state index in [0.29, 0.717) is 10.8 Å². The van der Waals surface area contributed by atoms with Gasteiger partial charge in [0.2, 0.25) is 0 Å². The first-order chi connectivity index (χ1) is 13.1. The van der Waals surface area contributed by atoms with E-state index >= 15 is 0 Å². The lowest BCUT2D eigenvalue weighted by atomic mass is 9.93. The van der Waals surface area contributed by atoms with E-state index in [2.05, 4.69) is 10.3 Å². The van der Waals surface area contributed by atoms with Gasteiger partial charge in [-0.3, -0.25) is 4.79 Å². The minimum absolute atomic E-state index is 0.201. The number of aromatic amines is 1. The van der Waals surface area contributed by atoms with Crippen molar-refractivity contribution in [1.29, 1.82) is 0 Å². The molecule has 0 atom stereocenters. The molecule has 1 fully saturated rings. The van der Waals surface area contributed by atoms with E-state index in [-0.39, 0.29) is 23.5 Å². The van der Waals surface area contributed by atoms with Crippen LogP contribution in [-0.2, 0) is 0 Å². The van der Waals surface area contributed by atoms with E-state index < -0.39 is 0 Å². The van der Waals surface area contributed by atoms with Crippen LogP contribution in [0.4, 0.5) is 9.52 Å². The summed E-state index contributed by atoms with van der Waals surface area (Å²) in [6, 6.07) is 6.63. The zero-order valence-electron chi connectivity index (χ0n) is 14.5. The molecule has 0 amide bonds. The van der Waals surface area contributed by atoms with Crippen molar-refractivity contribution in [3.05, 3.63) is 46.6 Å². The van der Waals surface area contributed by atoms with Crippen LogP contribution < -0.4 is 10.9 Å². The molecule has 1 aliphatic carbocycles. The predicted octanol–water partition coefficient (Wildman–Crippen LogP) is 4.15. The number of nitrogens with zero attached hydrogens (tertiary/aromatic N) is 1. The third-order valence-electron chi connectivity index (χ3n) is 5.36. The molecule has 5 rings (SSSR count). The number of aliphatic hydroxyl groups is 1. The van der Waals surface area contributed by atoms with Crippen LogP contribution in [0.1, 0.15) is 25.7 Å². The number of benzene rings is 2. The largest absolute Gasteiger partial charge is 0.393 e. The van der Waals surface area contributed by atoms with Crippen LogP contribution >= 0.6 is 11.3 Å². The molecular weight excluding hydrogens is 365 g/mol. The number of hydrogen-bond donors (Lipinski definition) is 3. The van der Waals surface area contributed by atoms with Crippen molar-refractivity contribution in [3.8, 4) is 0 Å². The van der Waals surface area contributed by atoms with E-state index in [4.69, 9.17) is 4.98 Å². The van der Waals surface area contributed by atoms with Crippen LogP contribution in [-0.4, -0.2) is 27.2 Å². The third kappa shape index (κ3) is 2.78. The summed E-state index contributed by atoms with van der Waals surface area (Å²) in [5.41, 5.74) is 0.556. The van der Waals surface area contributed by atoms with Crippen molar-refractivity contribution in [2.75, 3.05) is 5.32 Å². The lowest BCUT2D eigenvalue weighted by Gasteiger charge is -2.25. The Balaban J connectivity index is 1.72. The Morgan fingerprint density at radius 2 is 1.96 bits per heavy atom. The van der Waals surface area contributed by atoms with E-state index in [0.717, 1.165) is 51.8 Å².